The number of fused-ring (bicyclic) bond motifs is 1. The van der Waals surface area contributed by atoms with E-state index in [2.05, 4.69) is 4.98 Å². The van der Waals surface area contributed by atoms with Gasteiger partial charge < -0.3 is 14.4 Å². The van der Waals surface area contributed by atoms with E-state index in [1.807, 2.05) is 29.2 Å². The molecule has 0 aliphatic rings. The predicted octanol–water partition coefficient (Wildman–Crippen LogP) is 4.04. The van der Waals surface area contributed by atoms with E-state index < -0.39 is 11.6 Å². The highest BCUT2D eigenvalue weighted by Gasteiger charge is 2.14. The van der Waals surface area contributed by atoms with Gasteiger partial charge >= 0.3 is 0 Å². The lowest BCUT2D eigenvalue weighted by Gasteiger charge is -2.21. The van der Waals surface area contributed by atoms with Crippen molar-refractivity contribution in [1.82, 2.24) is 4.98 Å². The summed E-state index contributed by atoms with van der Waals surface area (Å²) in [5.41, 5.74) is 0.584. The standard InChI is InChI=1S/C19H18F2N2O2/c1-23(11-12-25-17-6-4-3-5-16(17)24-2)15-9-10-22-19-14(21)8-7-13(20)18(15)19/h3-10H,11-12H2,1-2H3. The second kappa shape index (κ2) is 7.34. The number of rotatable bonds is 6. The molecule has 3 rings (SSSR count). The summed E-state index contributed by atoms with van der Waals surface area (Å²) in [4.78, 5) is 5.75. The molecule has 3 aromatic rings. The van der Waals surface area contributed by atoms with Crippen LogP contribution in [0.1, 0.15) is 0 Å². The molecule has 1 aromatic heterocycles. The summed E-state index contributed by atoms with van der Waals surface area (Å²) in [6.45, 7) is 0.838. The normalized spacial score (nSPS) is 10.7. The van der Waals surface area contributed by atoms with Crippen LogP contribution in [-0.2, 0) is 0 Å². The first kappa shape index (κ1) is 17.0. The van der Waals surface area contributed by atoms with Gasteiger partial charge in [-0.1, -0.05) is 12.1 Å². The van der Waals surface area contributed by atoms with E-state index in [0.717, 1.165) is 12.1 Å². The topological polar surface area (TPSA) is 34.6 Å². The molecule has 0 aliphatic carbocycles. The van der Waals surface area contributed by atoms with Crippen molar-refractivity contribution in [3.8, 4) is 11.5 Å². The number of halogens is 2. The van der Waals surface area contributed by atoms with Gasteiger partial charge in [-0.15, -0.1) is 0 Å². The largest absolute Gasteiger partial charge is 0.493 e. The number of likely N-dealkylation sites (N-methyl/N-ethyl adjacent to an activating group) is 1. The molecule has 0 radical (unpaired) electrons. The third kappa shape index (κ3) is 3.47. The quantitative estimate of drug-likeness (QED) is 0.676. The molecule has 0 aliphatic heterocycles. The number of pyridine rings is 1. The summed E-state index contributed by atoms with van der Waals surface area (Å²) in [5, 5.41) is 0.169. The molecule has 4 nitrogen and oxygen atoms in total. The molecule has 130 valence electrons. The minimum Gasteiger partial charge on any atom is -0.493 e. The molecule has 0 amide bonds. The van der Waals surface area contributed by atoms with Crippen molar-refractivity contribution in [2.45, 2.75) is 0 Å². The molecule has 0 saturated carbocycles. The van der Waals surface area contributed by atoms with Crippen LogP contribution in [0.3, 0.4) is 0 Å². The van der Waals surface area contributed by atoms with Gasteiger partial charge in [0.15, 0.2) is 11.5 Å². The number of hydrogen-bond donors (Lipinski definition) is 0. The van der Waals surface area contributed by atoms with Crippen LogP contribution < -0.4 is 14.4 Å². The first-order valence-corrected chi connectivity index (χ1v) is 7.81. The van der Waals surface area contributed by atoms with E-state index in [1.54, 1.807) is 20.2 Å². The average molecular weight is 344 g/mol. The van der Waals surface area contributed by atoms with Gasteiger partial charge in [0, 0.05) is 13.2 Å². The third-order valence-corrected chi connectivity index (χ3v) is 3.93. The lowest BCUT2D eigenvalue weighted by atomic mass is 10.1. The van der Waals surface area contributed by atoms with Crippen molar-refractivity contribution in [1.29, 1.82) is 0 Å². The Morgan fingerprint density at radius 2 is 1.72 bits per heavy atom. The summed E-state index contributed by atoms with van der Waals surface area (Å²) in [5.74, 6) is 0.233. The Morgan fingerprint density at radius 1 is 1.00 bits per heavy atom. The van der Waals surface area contributed by atoms with Gasteiger partial charge in [-0.3, -0.25) is 4.98 Å². The molecule has 1 heterocycles. The molecule has 0 spiro atoms. The zero-order valence-electron chi connectivity index (χ0n) is 14.0. The Morgan fingerprint density at radius 3 is 2.48 bits per heavy atom. The van der Waals surface area contributed by atoms with Gasteiger partial charge in [-0.05, 0) is 30.3 Å². The van der Waals surface area contributed by atoms with Crippen LogP contribution in [0.25, 0.3) is 10.9 Å². The molecule has 0 fully saturated rings. The monoisotopic (exact) mass is 344 g/mol. The highest BCUT2D eigenvalue weighted by Crippen LogP contribution is 2.29. The summed E-state index contributed by atoms with van der Waals surface area (Å²) in [6.07, 6.45) is 1.47. The Kier molecular flexibility index (Phi) is 4.97. The molecule has 0 atom stereocenters. The van der Waals surface area contributed by atoms with E-state index in [4.69, 9.17) is 9.47 Å². The van der Waals surface area contributed by atoms with E-state index in [1.165, 1.54) is 6.20 Å². The molecule has 25 heavy (non-hydrogen) atoms. The Hall–Kier alpha value is -2.89. The van der Waals surface area contributed by atoms with Crippen molar-refractivity contribution >= 4 is 16.6 Å². The molecule has 0 N–H and O–H groups in total. The fraction of sp³-hybridized carbons (Fsp3) is 0.211. The van der Waals surface area contributed by atoms with Crippen LogP contribution in [-0.4, -0.2) is 32.3 Å². The van der Waals surface area contributed by atoms with Gasteiger partial charge in [-0.2, -0.15) is 0 Å². The van der Waals surface area contributed by atoms with Gasteiger partial charge in [0.05, 0.1) is 24.7 Å². The van der Waals surface area contributed by atoms with Crippen LogP contribution in [0.4, 0.5) is 14.5 Å². The smallest absolute Gasteiger partial charge is 0.161 e. The fourth-order valence-corrected chi connectivity index (χ4v) is 2.65. The summed E-state index contributed by atoms with van der Waals surface area (Å²) in [7, 11) is 3.37. The molecule has 0 bridgehead atoms. The van der Waals surface area contributed by atoms with Gasteiger partial charge in [0.2, 0.25) is 0 Å². The van der Waals surface area contributed by atoms with Crippen molar-refractivity contribution in [2.24, 2.45) is 0 Å². The van der Waals surface area contributed by atoms with Crippen molar-refractivity contribution in [3.05, 3.63) is 60.3 Å². The van der Waals surface area contributed by atoms with E-state index >= 15 is 0 Å². The summed E-state index contributed by atoms with van der Waals surface area (Å²) in [6, 6.07) is 11.2. The molecule has 0 saturated heterocycles. The van der Waals surface area contributed by atoms with Gasteiger partial charge in [-0.25, -0.2) is 8.78 Å². The van der Waals surface area contributed by atoms with E-state index in [0.29, 0.717) is 30.3 Å². The highest BCUT2D eigenvalue weighted by molar-refractivity contribution is 5.92. The first-order valence-electron chi connectivity index (χ1n) is 7.81. The van der Waals surface area contributed by atoms with Crippen molar-refractivity contribution in [3.63, 3.8) is 0 Å². The van der Waals surface area contributed by atoms with Crippen LogP contribution >= 0.6 is 0 Å². The number of benzene rings is 2. The Balaban J connectivity index is 1.77. The molecule has 2 aromatic carbocycles. The number of anilines is 1. The second-order valence-electron chi connectivity index (χ2n) is 5.50. The average Bonchev–Trinajstić information content (AvgIpc) is 2.64. The number of ether oxygens (including phenoxy) is 2. The lowest BCUT2D eigenvalue weighted by molar-refractivity contribution is 0.301. The number of nitrogens with zero attached hydrogens (tertiary/aromatic N) is 2. The number of para-hydroxylation sites is 2. The van der Waals surface area contributed by atoms with E-state index in [9.17, 15) is 8.78 Å². The maximum Gasteiger partial charge on any atom is 0.161 e. The predicted molar refractivity (Wildman–Crippen MR) is 93.4 cm³/mol. The Bertz CT molecular complexity index is 886. The zero-order chi connectivity index (χ0) is 17.8. The first-order chi connectivity index (χ1) is 12.1. The third-order valence-electron chi connectivity index (χ3n) is 3.93. The SMILES string of the molecule is COc1ccccc1OCCN(C)c1ccnc2c(F)ccc(F)c12. The lowest BCUT2D eigenvalue weighted by Crippen LogP contribution is -2.24. The molecule has 0 unspecified atom stereocenters. The second-order valence-corrected chi connectivity index (χ2v) is 5.50. The Labute approximate surface area is 144 Å². The minimum atomic E-state index is -0.545. The minimum absolute atomic E-state index is 0.0231. The maximum absolute atomic E-state index is 14.2. The highest BCUT2D eigenvalue weighted by atomic mass is 19.1. The number of methoxy groups -OCH3 is 1. The number of aromatic nitrogens is 1. The summed E-state index contributed by atoms with van der Waals surface area (Å²) >= 11 is 0. The van der Waals surface area contributed by atoms with E-state index in [-0.39, 0.29) is 10.9 Å². The molecular weight excluding hydrogens is 326 g/mol. The number of hydrogen-bond acceptors (Lipinski definition) is 4. The molecule has 6 heteroatoms. The van der Waals surface area contributed by atoms with Gasteiger partial charge in [0.25, 0.3) is 0 Å². The zero-order valence-corrected chi connectivity index (χ0v) is 14.0. The van der Waals surface area contributed by atoms with Crippen molar-refractivity contribution in [2.75, 3.05) is 32.2 Å². The van der Waals surface area contributed by atoms with Crippen LogP contribution in [0, 0.1) is 11.6 Å². The van der Waals surface area contributed by atoms with Crippen molar-refractivity contribution < 1.29 is 18.3 Å². The molecular formula is C19H18F2N2O2. The maximum atomic E-state index is 14.2. The van der Waals surface area contributed by atoms with Crippen LogP contribution in [0.5, 0.6) is 11.5 Å². The van der Waals surface area contributed by atoms with Crippen LogP contribution in [0.2, 0.25) is 0 Å². The summed E-state index contributed by atoms with van der Waals surface area (Å²) < 4.78 is 39.0. The van der Waals surface area contributed by atoms with Crippen LogP contribution in [0.15, 0.2) is 48.7 Å². The fourth-order valence-electron chi connectivity index (χ4n) is 2.65. The van der Waals surface area contributed by atoms with Gasteiger partial charge in [0.1, 0.15) is 23.8 Å².